The van der Waals surface area contributed by atoms with Gasteiger partial charge < -0.3 is 5.32 Å². The van der Waals surface area contributed by atoms with Gasteiger partial charge in [0.05, 0.1) is 10.2 Å². The fraction of sp³-hybridized carbons (Fsp3) is 0.0556. The highest BCUT2D eigenvalue weighted by molar-refractivity contribution is 7.21. The molecule has 0 saturated heterocycles. The molecule has 0 spiro atoms. The van der Waals surface area contributed by atoms with Crippen molar-refractivity contribution in [3.63, 3.8) is 0 Å². The molecule has 0 atom stereocenters. The molecule has 4 aromatic rings. The maximum atomic E-state index is 12.0. The summed E-state index contributed by atoms with van der Waals surface area (Å²) in [5, 5.41) is 8.54. The van der Waals surface area contributed by atoms with E-state index in [1.807, 2.05) is 30.3 Å². The van der Waals surface area contributed by atoms with Crippen LogP contribution in [0.25, 0.3) is 20.8 Å². The topological polar surface area (TPSA) is 90.6 Å². The molecule has 3 N–H and O–H groups in total. The number of benzene rings is 2. The number of hydrogen-bond donors (Lipinski definition) is 3. The molecule has 0 radical (unpaired) electrons. The van der Waals surface area contributed by atoms with Crippen LogP contribution in [0.3, 0.4) is 0 Å². The minimum absolute atomic E-state index is 0.190. The van der Waals surface area contributed by atoms with Crippen molar-refractivity contribution in [2.75, 3.05) is 5.32 Å². The number of hydrogen-bond acceptors (Lipinski definition) is 4. The second-order valence-electron chi connectivity index (χ2n) is 5.69. The van der Waals surface area contributed by atoms with Crippen molar-refractivity contribution in [1.29, 1.82) is 0 Å². The van der Waals surface area contributed by atoms with Gasteiger partial charge in [0.15, 0.2) is 0 Å². The molecular weight excluding hydrogens is 336 g/mol. The van der Waals surface area contributed by atoms with Gasteiger partial charge in [-0.3, -0.25) is 19.8 Å². The van der Waals surface area contributed by atoms with E-state index in [0.717, 1.165) is 20.8 Å². The number of thiazole rings is 1. The SMILES string of the molecule is Cc1ccc2nc(-c3ccc(NC(=O)c4cc(=O)[nH][nH]4)cc3)sc2c1. The number of H-pyrrole nitrogens is 2. The molecule has 6 nitrogen and oxygen atoms in total. The zero-order valence-electron chi connectivity index (χ0n) is 13.3. The third kappa shape index (κ3) is 3.09. The average Bonchev–Trinajstić information content (AvgIpc) is 3.21. The van der Waals surface area contributed by atoms with Gasteiger partial charge in [-0.15, -0.1) is 11.3 Å². The van der Waals surface area contributed by atoms with Gasteiger partial charge in [0.25, 0.3) is 11.5 Å². The first kappa shape index (κ1) is 15.3. The summed E-state index contributed by atoms with van der Waals surface area (Å²) in [6.45, 7) is 2.06. The van der Waals surface area contributed by atoms with E-state index >= 15 is 0 Å². The van der Waals surface area contributed by atoms with Crippen molar-refractivity contribution in [2.24, 2.45) is 0 Å². The molecule has 0 aliphatic heterocycles. The predicted octanol–water partition coefficient (Wildman–Crippen LogP) is 3.54. The Morgan fingerprint density at radius 1 is 1.08 bits per heavy atom. The second kappa shape index (κ2) is 6.03. The number of aryl methyl sites for hydroxylation is 1. The number of rotatable bonds is 3. The van der Waals surface area contributed by atoms with E-state index in [9.17, 15) is 9.59 Å². The first-order chi connectivity index (χ1) is 12.1. The molecule has 0 aliphatic rings. The fourth-order valence-electron chi connectivity index (χ4n) is 2.50. The van der Waals surface area contributed by atoms with Gasteiger partial charge in [0.1, 0.15) is 10.7 Å². The summed E-state index contributed by atoms with van der Waals surface area (Å²) in [6.07, 6.45) is 0. The van der Waals surface area contributed by atoms with E-state index in [0.29, 0.717) is 5.69 Å². The van der Waals surface area contributed by atoms with E-state index < -0.39 is 0 Å². The number of aromatic nitrogens is 3. The second-order valence-corrected chi connectivity index (χ2v) is 6.72. The van der Waals surface area contributed by atoms with Crippen LogP contribution in [0, 0.1) is 6.92 Å². The van der Waals surface area contributed by atoms with Crippen LogP contribution in [0.1, 0.15) is 16.1 Å². The molecule has 0 aliphatic carbocycles. The van der Waals surface area contributed by atoms with Gasteiger partial charge in [0, 0.05) is 17.3 Å². The lowest BCUT2D eigenvalue weighted by molar-refractivity contribution is 0.102. The van der Waals surface area contributed by atoms with E-state index in [2.05, 4.69) is 39.6 Å². The van der Waals surface area contributed by atoms with Gasteiger partial charge >= 0.3 is 0 Å². The molecule has 2 heterocycles. The summed E-state index contributed by atoms with van der Waals surface area (Å²) < 4.78 is 1.16. The van der Waals surface area contributed by atoms with Crippen LogP contribution < -0.4 is 10.9 Å². The number of aromatic amines is 2. The molecule has 2 aromatic carbocycles. The Morgan fingerprint density at radius 2 is 1.88 bits per heavy atom. The molecule has 0 fully saturated rings. The van der Waals surface area contributed by atoms with Gasteiger partial charge in [0.2, 0.25) is 0 Å². The number of fused-ring (bicyclic) bond motifs is 1. The molecular formula is C18H14N4O2S. The van der Waals surface area contributed by atoms with Crippen LogP contribution in [0.4, 0.5) is 5.69 Å². The molecule has 4 rings (SSSR count). The highest BCUT2D eigenvalue weighted by Gasteiger charge is 2.10. The van der Waals surface area contributed by atoms with Gasteiger partial charge in [-0.1, -0.05) is 6.07 Å². The largest absolute Gasteiger partial charge is 0.321 e. The fourth-order valence-corrected chi connectivity index (χ4v) is 3.57. The van der Waals surface area contributed by atoms with E-state index in [1.165, 1.54) is 11.6 Å². The number of nitrogens with one attached hydrogen (secondary N) is 3. The first-order valence-electron chi connectivity index (χ1n) is 7.65. The summed E-state index contributed by atoms with van der Waals surface area (Å²) in [4.78, 5) is 27.7. The molecule has 1 amide bonds. The van der Waals surface area contributed by atoms with E-state index in [4.69, 9.17) is 0 Å². The third-order valence-corrected chi connectivity index (χ3v) is 4.84. The van der Waals surface area contributed by atoms with Crippen molar-refractivity contribution in [2.45, 2.75) is 6.92 Å². The Hall–Kier alpha value is -3.19. The first-order valence-corrected chi connectivity index (χ1v) is 8.47. The van der Waals surface area contributed by atoms with Gasteiger partial charge in [-0.25, -0.2) is 4.98 Å². The minimum Gasteiger partial charge on any atom is -0.321 e. The molecule has 2 aromatic heterocycles. The Bertz CT molecular complexity index is 1120. The van der Waals surface area contributed by atoms with Gasteiger partial charge in [-0.2, -0.15) is 0 Å². The minimum atomic E-state index is -0.374. The van der Waals surface area contributed by atoms with Crippen LogP contribution in [-0.4, -0.2) is 21.1 Å². The molecule has 0 bridgehead atoms. The summed E-state index contributed by atoms with van der Waals surface area (Å²) in [6, 6.07) is 14.9. The number of amides is 1. The maximum Gasteiger partial charge on any atom is 0.273 e. The summed E-state index contributed by atoms with van der Waals surface area (Å²) >= 11 is 1.64. The zero-order chi connectivity index (χ0) is 17.4. The van der Waals surface area contributed by atoms with Crippen LogP contribution in [0.15, 0.2) is 53.3 Å². The van der Waals surface area contributed by atoms with Crippen LogP contribution in [0.5, 0.6) is 0 Å². The third-order valence-electron chi connectivity index (χ3n) is 3.77. The van der Waals surface area contributed by atoms with Crippen molar-refractivity contribution in [3.05, 3.63) is 70.1 Å². The Kier molecular flexibility index (Phi) is 3.70. The normalized spacial score (nSPS) is 10.9. The number of carbonyl (C=O) groups is 1. The van der Waals surface area contributed by atoms with E-state index in [1.54, 1.807) is 11.3 Å². The molecule has 25 heavy (non-hydrogen) atoms. The van der Waals surface area contributed by atoms with Crippen molar-refractivity contribution >= 4 is 33.1 Å². The average molecular weight is 350 g/mol. The highest BCUT2D eigenvalue weighted by Crippen LogP contribution is 2.31. The van der Waals surface area contributed by atoms with Crippen LogP contribution in [0.2, 0.25) is 0 Å². The lowest BCUT2D eigenvalue weighted by Gasteiger charge is -2.04. The summed E-state index contributed by atoms with van der Waals surface area (Å²) in [7, 11) is 0. The maximum absolute atomic E-state index is 12.0. The summed E-state index contributed by atoms with van der Waals surface area (Å²) in [5.74, 6) is -0.374. The lowest BCUT2D eigenvalue weighted by Crippen LogP contribution is -2.12. The van der Waals surface area contributed by atoms with Crippen molar-refractivity contribution < 1.29 is 4.79 Å². The van der Waals surface area contributed by atoms with Crippen LogP contribution in [-0.2, 0) is 0 Å². The Balaban J connectivity index is 1.56. The number of carbonyl (C=O) groups excluding carboxylic acids is 1. The van der Waals surface area contributed by atoms with Gasteiger partial charge in [-0.05, 0) is 48.9 Å². The monoisotopic (exact) mass is 350 g/mol. The molecule has 7 heteroatoms. The predicted molar refractivity (Wildman–Crippen MR) is 99.2 cm³/mol. The number of anilines is 1. The van der Waals surface area contributed by atoms with Crippen molar-refractivity contribution in [3.8, 4) is 10.6 Å². The molecule has 124 valence electrons. The quantitative estimate of drug-likeness (QED) is 0.528. The standard InChI is InChI=1S/C18H14N4O2S/c1-10-2-7-13-15(8-10)25-18(20-13)11-3-5-12(6-4-11)19-17(24)14-9-16(23)22-21-14/h2-9H,1H3,(H,19,24)(H2,21,22,23). The van der Waals surface area contributed by atoms with Crippen molar-refractivity contribution in [1.82, 2.24) is 15.2 Å². The number of nitrogens with zero attached hydrogens (tertiary/aromatic N) is 1. The Morgan fingerprint density at radius 3 is 2.60 bits per heavy atom. The highest BCUT2D eigenvalue weighted by atomic mass is 32.1. The molecule has 0 saturated carbocycles. The summed E-state index contributed by atoms with van der Waals surface area (Å²) in [5.41, 5.74) is 3.68. The van der Waals surface area contributed by atoms with Crippen LogP contribution >= 0.6 is 11.3 Å². The lowest BCUT2D eigenvalue weighted by atomic mass is 10.2. The smallest absolute Gasteiger partial charge is 0.273 e. The molecule has 0 unspecified atom stereocenters. The Labute approximate surface area is 146 Å². The van der Waals surface area contributed by atoms with E-state index in [-0.39, 0.29) is 17.2 Å². The zero-order valence-corrected chi connectivity index (χ0v) is 14.1.